The molecule has 1 aromatic heterocycles. The number of carbonyl (C=O) groups excluding carboxylic acids is 2. The molecule has 0 radical (unpaired) electrons. The number of rotatable bonds is 8. The van der Waals surface area contributed by atoms with Crippen LogP contribution in [-0.2, 0) is 17.9 Å². The fraction of sp³-hybridized carbons (Fsp3) is 0.308. The Labute approximate surface area is 194 Å². The molecule has 0 bridgehead atoms. The summed E-state index contributed by atoms with van der Waals surface area (Å²) >= 11 is 0. The Kier molecular flexibility index (Phi) is 6.79. The highest BCUT2D eigenvalue weighted by molar-refractivity contribution is 5.98. The largest absolute Gasteiger partial charge is 0.482 e. The predicted molar refractivity (Wildman–Crippen MR) is 126 cm³/mol. The number of aryl methyl sites for hydroxylation is 1. The van der Waals surface area contributed by atoms with Crippen LogP contribution in [0.2, 0.25) is 0 Å². The molecule has 0 saturated carbocycles. The van der Waals surface area contributed by atoms with E-state index in [1.165, 1.54) is 0 Å². The first-order valence-corrected chi connectivity index (χ1v) is 11.0. The Bertz CT molecular complexity index is 1120. The lowest BCUT2D eigenvalue weighted by atomic mass is 10.1. The van der Waals surface area contributed by atoms with Gasteiger partial charge in [0.1, 0.15) is 11.5 Å². The highest BCUT2D eigenvalue weighted by atomic mass is 16.5. The molecule has 0 aliphatic carbocycles. The Balaban J connectivity index is 1.52. The van der Waals surface area contributed by atoms with E-state index in [4.69, 9.17) is 9.15 Å². The van der Waals surface area contributed by atoms with Crippen molar-refractivity contribution in [3.63, 3.8) is 0 Å². The highest BCUT2D eigenvalue weighted by Crippen LogP contribution is 2.34. The summed E-state index contributed by atoms with van der Waals surface area (Å²) < 4.78 is 11.5. The fourth-order valence-corrected chi connectivity index (χ4v) is 3.75. The average Bonchev–Trinajstić information content (AvgIpc) is 3.27. The standard InChI is InChI=1S/C26H29N3O4/c1-19-9-11-23-22(15-19)29(25(30)18-32-23)17-21-10-12-24(33-21)26(31)28(14-13-27(2)3)16-20-7-5-4-6-8-20/h4-12,15H,13-14,16-18H2,1-3H3. The molecule has 3 aromatic rings. The topological polar surface area (TPSA) is 66.2 Å². The number of fused-ring (bicyclic) bond motifs is 1. The molecule has 0 N–H and O–H groups in total. The van der Waals surface area contributed by atoms with Gasteiger partial charge in [0.2, 0.25) is 0 Å². The number of furan rings is 1. The lowest BCUT2D eigenvalue weighted by Gasteiger charge is -2.29. The number of nitrogens with zero attached hydrogens (tertiary/aromatic N) is 3. The van der Waals surface area contributed by atoms with Crippen LogP contribution in [0.25, 0.3) is 0 Å². The third kappa shape index (κ3) is 5.43. The molecule has 172 valence electrons. The van der Waals surface area contributed by atoms with E-state index in [0.717, 1.165) is 17.7 Å². The van der Waals surface area contributed by atoms with Crippen molar-refractivity contribution >= 4 is 17.5 Å². The lowest BCUT2D eigenvalue weighted by Crippen LogP contribution is -2.38. The second-order valence-electron chi connectivity index (χ2n) is 8.52. The van der Waals surface area contributed by atoms with Gasteiger partial charge in [-0.05, 0) is 56.4 Å². The normalized spacial score (nSPS) is 13.1. The van der Waals surface area contributed by atoms with E-state index < -0.39 is 0 Å². The van der Waals surface area contributed by atoms with E-state index in [2.05, 4.69) is 0 Å². The first kappa shape index (κ1) is 22.6. The molecule has 0 saturated heterocycles. The van der Waals surface area contributed by atoms with Gasteiger partial charge in [0.25, 0.3) is 11.8 Å². The van der Waals surface area contributed by atoms with Crippen molar-refractivity contribution in [3.8, 4) is 5.75 Å². The van der Waals surface area contributed by atoms with Gasteiger partial charge in [0.05, 0.1) is 12.2 Å². The zero-order valence-electron chi connectivity index (χ0n) is 19.3. The minimum Gasteiger partial charge on any atom is -0.482 e. The molecule has 1 aliphatic rings. The minimum atomic E-state index is -0.170. The molecule has 1 aliphatic heterocycles. The summed E-state index contributed by atoms with van der Waals surface area (Å²) in [6.07, 6.45) is 0. The third-order valence-corrected chi connectivity index (χ3v) is 5.56. The van der Waals surface area contributed by atoms with E-state index in [1.54, 1.807) is 21.9 Å². The monoisotopic (exact) mass is 447 g/mol. The Hall–Kier alpha value is -3.58. The van der Waals surface area contributed by atoms with Gasteiger partial charge in [-0.1, -0.05) is 36.4 Å². The first-order valence-electron chi connectivity index (χ1n) is 11.0. The molecule has 0 unspecified atom stereocenters. The van der Waals surface area contributed by atoms with E-state index in [0.29, 0.717) is 30.3 Å². The average molecular weight is 448 g/mol. The van der Waals surface area contributed by atoms with E-state index in [1.807, 2.05) is 74.4 Å². The molecule has 4 rings (SSSR count). The quantitative estimate of drug-likeness (QED) is 0.527. The summed E-state index contributed by atoms with van der Waals surface area (Å²) in [5, 5.41) is 0. The molecule has 0 atom stereocenters. The van der Waals surface area contributed by atoms with Crippen molar-refractivity contribution in [2.75, 3.05) is 38.7 Å². The Morgan fingerprint density at radius 2 is 1.82 bits per heavy atom. The maximum absolute atomic E-state index is 13.3. The Morgan fingerprint density at radius 3 is 2.58 bits per heavy atom. The van der Waals surface area contributed by atoms with Gasteiger partial charge in [-0.25, -0.2) is 0 Å². The number of hydrogen-bond donors (Lipinski definition) is 0. The van der Waals surface area contributed by atoms with Crippen LogP contribution >= 0.6 is 0 Å². The van der Waals surface area contributed by atoms with Crippen molar-refractivity contribution < 1.29 is 18.7 Å². The summed E-state index contributed by atoms with van der Waals surface area (Å²) in [7, 11) is 3.96. The SMILES string of the molecule is Cc1ccc2c(c1)N(Cc1ccc(C(=O)N(CCN(C)C)Cc3ccccc3)o1)C(=O)CO2. The molecule has 33 heavy (non-hydrogen) atoms. The summed E-state index contributed by atoms with van der Waals surface area (Å²) in [5.74, 6) is 1.17. The number of benzene rings is 2. The molecule has 0 fully saturated rings. The maximum atomic E-state index is 13.3. The zero-order valence-corrected chi connectivity index (χ0v) is 19.3. The van der Waals surface area contributed by atoms with Gasteiger partial charge in [0.15, 0.2) is 12.4 Å². The molecule has 2 aromatic carbocycles. The Morgan fingerprint density at radius 1 is 1.03 bits per heavy atom. The maximum Gasteiger partial charge on any atom is 0.289 e. The molecule has 2 heterocycles. The van der Waals surface area contributed by atoms with Crippen LogP contribution in [0.3, 0.4) is 0 Å². The van der Waals surface area contributed by atoms with Crippen LogP contribution in [0.4, 0.5) is 5.69 Å². The van der Waals surface area contributed by atoms with Crippen molar-refractivity contribution in [2.24, 2.45) is 0 Å². The van der Waals surface area contributed by atoms with E-state index >= 15 is 0 Å². The van der Waals surface area contributed by atoms with Crippen LogP contribution in [0.1, 0.15) is 27.4 Å². The molecular formula is C26H29N3O4. The predicted octanol–water partition coefficient (Wildman–Crippen LogP) is 3.72. The van der Waals surface area contributed by atoms with E-state index in [-0.39, 0.29) is 30.7 Å². The molecule has 2 amide bonds. The van der Waals surface area contributed by atoms with Gasteiger partial charge < -0.3 is 19.0 Å². The molecule has 7 heteroatoms. The van der Waals surface area contributed by atoms with Crippen LogP contribution in [0.15, 0.2) is 65.1 Å². The molecular weight excluding hydrogens is 418 g/mol. The molecule has 7 nitrogen and oxygen atoms in total. The molecule has 0 spiro atoms. The van der Waals surface area contributed by atoms with Crippen LogP contribution < -0.4 is 9.64 Å². The third-order valence-electron chi connectivity index (χ3n) is 5.56. The van der Waals surface area contributed by atoms with Crippen LogP contribution in [0.5, 0.6) is 5.75 Å². The van der Waals surface area contributed by atoms with Gasteiger partial charge in [-0.2, -0.15) is 0 Å². The summed E-state index contributed by atoms with van der Waals surface area (Å²) in [6, 6.07) is 19.1. The van der Waals surface area contributed by atoms with Crippen molar-refractivity contribution in [2.45, 2.75) is 20.0 Å². The van der Waals surface area contributed by atoms with Crippen LogP contribution in [-0.4, -0.2) is 55.4 Å². The van der Waals surface area contributed by atoms with Crippen molar-refractivity contribution in [1.82, 2.24) is 9.80 Å². The number of hydrogen-bond acceptors (Lipinski definition) is 5. The second kappa shape index (κ2) is 9.92. The first-order chi connectivity index (χ1) is 15.9. The number of ether oxygens (including phenoxy) is 1. The smallest absolute Gasteiger partial charge is 0.289 e. The number of amides is 2. The van der Waals surface area contributed by atoms with E-state index in [9.17, 15) is 9.59 Å². The van der Waals surface area contributed by atoms with Gasteiger partial charge >= 0.3 is 0 Å². The van der Waals surface area contributed by atoms with Gasteiger partial charge in [0, 0.05) is 19.6 Å². The fourth-order valence-electron chi connectivity index (χ4n) is 3.75. The highest BCUT2D eigenvalue weighted by Gasteiger charge is 2.27. The number of anilines is 1. The summed E-state index contributed by atoms with van der Waals surface area (Å²) in [6.45, 7) is 4.00. The number of carbonyl (C=O) groups is 2. The van der Waals surface area contributed by atoms with Crippen molar-refractivity contribution in [1.29, 1.82) is 0 Å². The lowest BCUT2D eigenvalue weighted by molar-refractivity contribution is -0.121. The van der Waals surface area contributed by atoms with Gasteiger partial charge in [-0.3, -0.25) is 14.5 Å². The van der Waals surface area contributed by atoms with Crippen LogP contribution in [0, 0.1) is 6.92 Å². The van der Waals surface area contributed by atoms with Gasteiger partial charge in [-0.15, -0.1) is 0 Å². The summed E-state index contributed by atoms with van der Waals surface area (Å²) in [4.78, 5) is 31.3. The zero-order chi connectivity index (χ0) is 23.4. The summed E-state index contributed by atoms with van der Waals surface area (Å²) in [5.41, 5.74) is 2.80. The number of likely N-dealkylation sites (N-methyl/N-ethyl adjacent to an activating group) is 1. The van der Waals surface area contributed by atoms with Crippen molar-refractivity contribution in [3.05, 3.63) is 83.3 Å². The second-order valence-corrected chi connectivity index (χ2v) is 8.52. The minimum absolute atomic E-state index is 0.0159.